The predicted molar refractivity (Wildman–Crippen MR) is 117 cm³/mol. The first-order valence-electron chi connectivity index (χ1n) is 9.83. The topological polar surface area (TPSA) is 50.7 Å². The quantitative estimate of drug-likeness (QED) is 0.474. The van der Waals surface area contributed by atoms with Crippen LogP contribution in [0.5, 0.6) is 0 Å². The number of benzene rings is 2. The van der Waals surface area contributed by atoms with Gasteiger partial charge in [0.05, 0.1) is 17.6 Å². The van der Waals surface area contributed by atoms with Gasteiger partial charge in [0.2, 0.25) is 10.5 Å². The number of aryl methyl sites for hydroxylation is 1. The Labute approximate surface area is 177 Å². The molecule has 2 aromatic carbocycles. The summed E-state index contributed by atoms with van der Waals surface area (Å²) in [5.74, 6) is 0.314. The number of para-hydroxylation sites is 1. The van der Waals surface area contributed by atoms with E-state index in [9.17, 15) is 9.18 Å². The molecule has 4 aromatic rings. The van der Waals surface area contributed by atoms with Crippen molar-refractivity contribution in [1.82, 2.24) is 23.6 Å². The maximum Gasteiger partial charge on any atom is 0.262 e. The van der Waals surface area contributed by atoms with Crippen LogP contribution in [-0.2, 0) is 13.7 Å². The summed E-state index contributed by atoms with van der Waals surface area (Å²) in [7, 11) is 1.72. The van der Waals surface area contributed by atoms with E-state index in [4.69, 9.17) is 12.2 Å². The summed E-state index contributed by atoms with van der Waals surface area (Å²) in [5, 5.41) is 5.27. The van der Waals surface area contributed by atoms with E-state index in [1.807, 2.05) is 40.8 Å². The molecule has 0 saturated carbocycles. The maximum atomic E-state index is 13.2. The second kappa shape index (κ2) is 7.33. The molecule has 30 heavy (non-hydrogen) atoms. The lowest BCUT2D eigenvalue weighted by molar-refractivity contribution is 0.194. The molecule has 1 aliphatic rings. The molecule has 0 N–H and O–H groups in total. The van der Waals surface area contributed by atoms with Crippen molar-refractivity contribution in [3.8, 4) is 0 Å². The van der Waals surface area contributed by atoms with Gasteiger partial charge in [0.25, 0.3) is 5.56 Å². The van der Waals surface area contributed by atoms with Crippen LogP contribution in [0.4, 0.5) is 10.1 Å². The minimum absolute atomic E-state index is 0.0850. The van der Waals surface area contributed by atoms with E-state index in [0.717, 1.165) is 37.4 Å². The molecule has 0 aliphatic carbocycles. The molecular weight excluding hydrogens is 403 g/mol. The third-order valence-corrected chi connectivity index (χ3v) is 6.09. The minimum atomic E-state index is -0.222. The molecule has 1 saturated heterocycles. The van der Waals surface area contributed by atoms with Gasteiger partial charge in [-0.15, -0.1) is 5.10 Å². The van der Waals surface area contributed by atoms with Gasteiger partial charge in [0, 0.05) is 38.9 Å². The number of halogens is 1. The molecule has 9 heteroatoms. The number of aromatic nitrogens is 4. The average Bonchev–Trinajstić information content (AvgIpc) is 3.09. The number of rotatable bonds is 3. The molecule has 0 amide bonds. The first-order chi connectivity index (χ1) is 14.5. The summed E-state index contributed by atoms with van der Waals surface area (Å²) in [6.07, 6.45) is 0. The van der Waals surface area contributed by atoms with Crippen LogP contribution in [-0.4, -0.2) is 49.8 Å². The van der Waals surface area contributed by atoms with Gasteiger partial charge >= 0.3 is 0 Å². The van der Waals surface area contributed by atoms with Gasteiger partial charge in [-0.25, -0.2) is 9.07 Å². The monoisotopic (exact) mass is 424 g/mol. The number of anilines is 1. The first-order valence-corrected chi connectivity index (χ1v) is 10.2. The fourth-order valence-electron chi connectivity index (χ4n) is 4.03. The van der Waals surface area contributed by atoms with E-state index < -0.39 is 0 Å². The van der Waals surface area contributed by atoms with E-state index >= 15 is 0 Å². The van der Waals surface area contributed by atoms with Crippen molar-refractivity contribution >= 4 is 34.6 Å². The van der Waals surface area contributed by atoms with Crippen molar-refractivity contribution in [2.45, 2.75) is 6.67 Å². The van der Waals surface area contributed by atoms with Crippen LogP contribution < -0.4 is 10.5 Å². The zero-order valence-electron chi connectivity index (χ0n) is 16.5. The van der Waals surface area contributed by atoms with E-state index in [-0.39, 0.29) is 11.4 Å². The fraction of sp³-hybridized carbons (Fsp3) is 0.286. The fourth-order valence-corrected chi connectivity index (χ4v) is 4.30. The second-order valence-electron chi connectivity index (χ2n) is 7.52. The van der Waals surface area contributed by atoms with Crippen LogP contribution in [0.25, 0.3) is 16.7 Å². The highest BCUT2D eigenvalue weighted by molar-refractivity contribution is 7.71. The van der Waals surface area contributed by atoms with Crippen LogP contribution in [0.2, 0.25) is 0 Å². The van der Waals surface area contributed by atoms with E-state index in [1.54, 1.807) is 16.3 Å². The SMILES string of the molecule is Cn1c(=O)c2ccccc2n2c(=S)n(CN3CCN(c4ccc(F)cc4)CC3)nc12. The van der Waals surface area contributed by atoms with Crippen LogP contribution in [0.3, 0.4) is 0 Å². The van der Waals surface area contributed by atoms with Crippen molar-refractivity contribution in [3.05, 3.63) is 69.5 Å². The summed E-state index contributed by atoms with van der Waals surface area (Å²) < 4.78 is 18.9. The van der Waals surface area contributed by atoms with Crippen LogP contribution >= 0.6 is 12.2 Å². The molecule has 7 nitrogen and oxygen atoms in total. The van der Waals surface area contributed by atoms with E-state index in [1.165, 1.54) is 12.1 Å². The summed E-state index contributed by atoms with van der Waals surface area (Å²) in [6.45, 7) is 3.92. The first kappa shape index (κ1) is 19.0. The molecule has 0 spiro atoms. The summed E-state index contributed by atoms with van der Waals surface area (Å²) in [6, 6.07) is 14.1. The van der Waals surface area contributed by atoms with Gasteiger partial charge in [0.1, 0.15) is 5.82 Å². The van der Waals surface area contributed by atoms with E-state index in [0.29, 0.717) is 22.6 Å². The largest absolute Gasteiger partial charge is 0.369 e. The second-order valence-corrected chi connectivity index (χ2v) is 7.89. The molecule has 0 bridgehead atoms. The Morgan fingerprint density at radius 1 is 1.03 bits per heavy atom. The smallest absolute Gasteiger partial charge is 0.262 e. The highest BCUT2D eigenvalue weighted by Crippen LogP contribution is 2.18. The zero-order chi connectivity index (χ0) is 20.8. The van der Waals surface area contributed by atoms with Crippen molar-refractivity contribution in [3.63, 3.8) is 0 Å². The normalized spacial score (nSPS) is 15.3. The van der Waals surface area contributed by atoms with Crippen LogP contribution in [0, 0.1) is 10.6 Å². The summed E-state index contributed by atoms with van der Waals surface area (Å²) in [5.41, 5.74) is 1.72. The Kier molecular flexibility index (Phi) is 4.63. The molecule has 0 atom stereocenters. The Balaban J connectivity index is 1.42. The Bertz CT molecular complexity index is 1350. The van der Waals surface area contributed by atoms with Gasteiger partial charge < -0.3 is 4.90 Å². The highest BCUT2D eigenvalue weighted by Gasteiger charge is 2.20. The van der Waals surface area contributed by atoms with E-state index in [2.05, 4.69) is 14.9 Å². The van der Waals surface area contributed by atoms with Gasteiger partial charge in [-0.1, -0.05) is 12.1 Å². The van der Waals surface area contributed by atoms with Crippen molar-refractivity contribution in [2.75, 3.05) is 31.1 Å². The Morgan fingerprint density at radius 2 is 1.73 bits per heavy atom. The van der Waals surface area contributed by atoms with Crippen molar-refractivity contribution < 1.29 is 4.39 Å². The molecule has 154 valence electrons. The molecule has 1 aliphatic heterocycles. The van der Waals surface area contributed by atoms with Crippen molar-refractivity contribution in [1.29, 1.82) is 0 Å². The lowest BCUT2D eigenvalue weighted by Gasteiger charge is -2.35. The molecule has 3 heterocycles. The predicted octanol–water partition coefficient (Wildman–Crippen LogP) is 2.64. The zero-order valence-corrected chi connectivity index (χ0v) is 17.3. The average molecular weight is 425 g/mol. The standard InChI is InChI=1S/C21H21FN6OS/c1-24-19(29)17-4-2-3-5-18(17)28-20(24)23-27(21(28)30)14-25-10-12-26(13-11-25)16-8-6-15(22)7-9-16/h2-9H,10-14H2,1H3. The lowest BCUT2D eigenvalue weighted by atomic mass is 10.2. The molecule has 0 radical (unpaired) electrons. The van der Waals surface area contributed by atoms with Crippen LogP contribution in [0.1, 0.15) is 0 Å². The van der Waals surface area contributed by atoms with Gasteiger partial charge in [-0.2, -0.15) is 0 Å². The number of hydrogen-bond donors (Lipinski definition) is 0. The molecular formula is C21H21FN6OS. The third-order valence-electron chi connectivity index (χ3n) is 5.70. The lowest BCUT2D eigenvalue weighted by Crippen LogP contribution is -2.47. The van der Waals surface area contributed by atoms with Crippen LogP contribution in [0.15, 0.2) is 53.3 Å². The number of nitrogens with zero attached hydrogens (tertiary/aromatic N) is 6. The third kappa shape index (κ3) is 3.10. The summed E-state index contributed by atoms with van der Waals surface area (Å²) in [4.78, 5) is 17.2. The van der Waals surface area contributed by atoms with Gasteiger partial charge in [0.15, 0.2) is 0 Å². The van der Waals surface area contributed by atoms with Gasteiger partial charge in [-0.3, -0.25) is 18.7 Å². The summed E-state index contributed by atoms with van der Waals surface area (Å²) >= 11 is 5.71. The molecule has 1 fully saturated rings. The van der Waals surface area contributed by atoms with Gasteiger partial charge in [-0.05, 0) is 48.6 Å². The molecule has 5 rings (SSSR count). The Morgan fingerprint density at radius 3 is 2.47 bits per heavy atom. The molecule has 2 aromatic heterocycles. The Hall–Kier alpha value is -3.04. The number of fused-ring (bicyclic) bond motifs is 3. The minimum Gasteiger partial charge on any atom is -0.369 e. The highest BCUT2D eigenvalue weighted by atomic mass is 32.1. The number of hydrogen-bond acceptors (Lipinski definition) is 5. The molecule has 0 unspecified atom stereocenters. The maximum absolute atomic E-state index is 13.2. The number of piperazine rings is 1. The van der Waals surface area contributed by atoms with Crippen molar-refractivity contribution in [2.24, 2.45) is 7.05 Å².